The van der Waals surface area contributed by atoms with E-state index in [2.05, 4.69) is 36.7 Å². The summed E-state index contributed by atoms with van der Waals surface area (Å²) >= 11 is 0. The molecule has 20 heavy (non-hydrogen) atoms. The van der Waals surface area contributed by atoms with Gasteiger partial charge in [0.2, 0.25) is 0 Å². The van der Waals surface area contributed by atoms with Crippen molar-refractivity contribution in [2.24, 2.45) is 11.3 Å². The van der Waals surface area contributed by atoms with Crippen LogP contribution < -0.4 is 4.90 Å². The highest BCUT2D eigenvalue weighted by Crippen LogP contribution is 2.35. The first-order chi connectivity index (χ1) is 9.38. The molecule has 1 aromatic rings. The summed E-state index contributed by atoms with van der Waals surface area (Å²) in [6, 6.07) is 4.03. The van der Waals surface area contributed by atoms with E-state index >= 15 is 0 Å². The molecular formula is C17H28N2O. The Bertz CT molecular complexity index is 420. The van der Waals surface area contributed by atoms with Crippen LogP contribution in [0.4, 0.5) is 5.69 Å². The maximum atomic E-state index is 9.52. The van der Waals surface area contributed by atoms with Gasteiger partial charge in [-0.15, -0.1) is 0 Å². The van der Waals surface area contributed by atoms with Gasteiger partial charge in [-0.25, -0.2) is 0 Å². The van der Waals surface area contributed by atoms with Crippen LogP contribution in [-0.4, -0.2) is 23.2 Å². The minimum Gasteiger partial charge on any atom is -0.387 e. The Morgan fingerprint density at radius 3 is 2.55 bits per heavy atom. The van der Waals surface area contributed by atoms with Crippen LogP contribution in [0.3, 0.4) is 0 Å². The predicted molar refractivity (Wildman–Crippen MR) is 83.9 cm³/mol. The molecule has 1 aromatic heterocycles. The van der Waals surface area contributed by atoms with E-state index in [4.69, 9.17) is 0 Å². The minimum absolute atomic E-state index is 0.407. The Morgan fingerprint density at radius 1 is 1.25 bits per heavy atom. The van der Waals surface area contributed by atoms with Crippen LogP contribution in [0.2, 0.25) is 0 Å². The topological polar surface area (TPSA) is 36.4 Å². The van der Waals surface area contributed by atoms with Gasteiger partial charge in [0.15, 0.2) is 0 Å². The summed E-state index contributed by atoms with van der Waals surface area (Å²) in [5, 5.41) is 9.52. The first-order valence-electron chi connectivity index (χ1n) is 7.77. The van der Waals surface area contributed by atoms with Crippen molar-refractivity contribution in [2.75, 3.05) is 18.0 Å². The van der Waals surface area contributed by atoms with Gasteiger partial charge in [-0.3, -0.25) is 4.98 Å². The molecule has 112 valence electrons. The van der Waals surface area contributed by atoms with Crippen LogP contribution in [0.15, 0.2) is 18.3 Å². The average Bonchev–Trinajstić information content (AvgIpc) is 2.64. The molecule has 0 spiro atoms. The SMILES string of the molecule is C[C@@H](O)c1ccc(N2CCCC(C(C)(C)C)CC2)cn1. The zero-order valence-electron chi connectivity index (χ0n) is 13.3. The van der Waals surface area contributed by atoms with Gasteiger partial charge in [-0.05, 0) is 49.7 Å². The van der Waals surface area contributed by atoms with E-state index in [1.54, 1.807) is 6.92 Å². The van der Waals surface area contributed by atoms with Gasteiger partial charge in [0.05, 0.1) is 23.7 Å². The van der Waals surface area contributed by atoms with Crippen molar-refractivity contribution in [2.45, 2.75) is 53.1 Å². The number of anilines is 1. The molecule has 1 aliphatic heterocycles. The monoisotopic (exact) mass is 276 g/mol. The number of aliphatic hydroxyl groups excluding tert-OH is 1. The van der Waals surface area contributed by atoms with Gasteiger partial charge >= 0.3 is 0 Å². The van der Waals surface area contributed by atoms with Crippen LogP contribution in [0, 0.1) is 11.3 Å². The molecule has 1 N–H and O–H groups in total. The highest BCUT2D eigenvalue weighted by atomic mass is 16.3. The number of pyridine rings is 1. The fourth-order valence-electron chi connectivity index (χ4n) is 3.05. The lowest BCUT2D eigenvalue weighted by atomic mass is 9.77. The largest absolute Gasteiger partial charge is 0.387 e. The van der Waals surface area contributed by atoms with Gasteiger partial charge in [-0.2, -0.15) is 0 Å². The Kier molecular flexibility index (Phi) is 4.69. The fourth-order valence-corrected chi connectivity index (χ4v) is 3.05. The zero-order valence-corrected chi connectivity index (χ0v) is 13.3. The van der Waals surface area contributed by atoms with Crippen molar-refractivity contribution in [3.63, 3.8) is 0 Å². The Hall–Kier alpha value is -1.09. The van der Waals surface area contributed by atoms with E-state index in [1.807, 2.05) is 12.3 Å². The van der Waals surface area contributed by atoms with Crippen molar-refractivity contribution in [1.29, 1.82) is 0 Å². The van der Waals surface area contributed by atoms with Crippen molar-refractivity contribution in [1.82, 2.24) is 4.98 Å². The Balaban J connectivity index is 2.03. The molecule has 0 bridgehead atoms. The third-order valence-electron chi connectivity index (χ3n) is 4.52. The van der Waals surface area contributed by atoms with E-state index < -0.39 is 6.10 Å². The molecule has 3 nitrogen and oxygen atoms in total. The van der Waals surface area contributed by atoms with E-state index in [-0.39, 0.29) is 0 Å². The lowest BCUT2D eigenvalue weighted by molar-refractivity contribution is 0.194. The normalized spacial score (nSPS) is 22.4. The summed E-state index contributed by atoms with van der Waals surface area (Å²) in [6.45, 7) is 11.0. The fraction of sp³-hybridized carbons (Fsp3) is 0.706. The highest BCUT2D eigenvalue weighted by Gasteiger charge is 2.27. The highest BCUT2D eigenvalue weighted by molar-refractivity contribution is 5.44. The quantitative estimate of drug-likeness (QED) is 0.893. The number of aliphatic hydroxyl groups is 1. The van der Waals surface area contributed by atoms with Gasteiger partial charge in [0, 0.05) is 13.1 Å². The molecule has 0 aliphatic carbocycles. The number of nitrogens with zero attached hydrogens (tertiary/aromatic N) is 2. The molecule has 0 saturated carbocycles. The molecule has 3 heteroatoms. The zero-order chi connectivity index (χ0) is 14.8. The Morgan fingerprint density at radius 2 is 2.00 bits per heavy atom. The first-order valence-corrected chi connectivity index (χ1v) is 7.77. The second-order valence-corrected chi connectivity index (χ2v) is 7.10. The molecule has 1 unspecified atom stereocenters. The molecule has 1 fully saturated rings. The minimum atomic E-state index is -0.488. The lowest BCUT2D eigenvalue weighted by Crippen LogP contribution is -2.26. The molecule has 2 atom stereocenters. The third kappa shape index (κ3) is 3.72. The van der Waals surface area contributed by atoms with Gasteiger partial charge in [0.25, 0.3) is 0 Å². The smallest absolute Gasteiger partial charge is 0.0931 e. The van der Waals surface area contributed by atoms with Crippen molar-refractivity contribution >= 4 is 5.69 Å². The van der Waals surface area contributed by atoms with E-state index in [0.717, 1.165) is 24.7 Å². The second kappa shape index (κ2) is 6.13. The van der Waals surface area contributed by atoms with Crippen molar-refractivity contribution in [3.05, 3.63) is 24.0 Å². The first kappa shape index (κ1) is 15.3. The maximum Gasteiger partial charge on any atom is 0.0931 e. The van der Waals surface area contributed by atoms with E-state index in [0.29, 0.717) is 5.41 Å². The van der Waals surface area contributed by atoms with Gasteiger partial charge in [0.1, 0.15) is 0 Å². The number of rotatable bonds is 2. The van der Waals surface area contributed by atoms with Crippen LogP contribution in [-0.2, 0) is 0 Å². The molecule has 2 heterocycles. The number of aromatic nitrogens is 1. The third-order valence-corrected chi connectivity index (χ3v) is 4.52. The van der Waals surface area contributed by atoms with Gasteiger partial charge in [-0.1, -0.05) is 20.8 Å². The molecule has 0 aromatic carbocycles. The summed E-state index contributed by atoms with van der Waals surface area (Å²) in [6.07, 6.45) is 5.24. The molecule has 0 radical (unpaired) electrons. The maximum absolute atomic E-state index is 9.52. The summed E-state index contributed by atoms with van der Waals surface area (Å²) in [7, 11) is 0. The van der Waals surface area contributed by atoms with E-state index in [9.17, 15) is 5.11 Å². The lowest BCUT2D eigenvalue weighted by Gasteiger charge is -2.30. The standard InChI is InChI=1S/C17H28N2O/c1-13(20)16-8-7-15(12-18-16)19-10-5-6-14(9-11-19)17(2,3)4/h7-8,12-14,20H,5-6,9-11H2,1-4H3/t13-,14?/m1/s1. The number of hydrogen-bond donors (Lipinski definition) is 1. The van der Waals surface area contributed by atoms with Crippen LogP contribution >= 0.6 is 0 Å². The van der Waals surface area contributed by atoms with Crippen molar-refractivity contribution < 1.29 is 5.11 Å². The molecule has 1 saturated heterocycles. The number of hydrogen-bond acceptors (Lipinski definition) is 3. The summed E-state index contributed by atoms with van der Waals surface area (Å²) in [5.41, 5.74) is 2.34. The van der Waals surface area contributed by atoms with Crippen LogP contribution in [0.25, 0.3) is 0 Å². The molecule has 1 aliphatic rings. The van der Waals surface area contributed by atoms with Crippen LogP contribution in [0.1, 0.15) is 58.8 Å². The Labute approximate surface area is 123 Å². The summed E-state index contributed by atoms with van der Waals surface area (Å²) in [5.74, 6) is 0.803. The molecular weight excluding hydrogens is 248 g/mol. The molecule has 0 amide bonds. The van der Waals surface area contributed by atoms with Crippen molar-refractivity contribution in [3.8, 4) is 0 Å². The average molecular weight is 276 g/mol. The molecule has 2 rings (SSSR count). The van der Waals surface area contributed by atoms with E-state index in [1.165, 1.54) is 24.9 Å². The van der Waals surface area contributed by atoms with Gasteiger partial charge < -0.3 is 10.0 Å². The summed E-state index contributed by atoms with van der Waals surface area (Å²) in [4.78, 5) is 6.80. The van der Waals surface area contributed by atoms with Crippen LogP contribution in [0.5, 0.6) is 0 Å². The predicted octanol–water partition coefficient (Wildman–Crippen LogP) is 3.79. The second-order valence-electron chi connectivity index (χ2n) is 7.10. The summed E-state index contributed by atoms with van der Waals surface area (Å²) < 4.78 is 0.